The number of aliphatic hydroxyl groups is 1. The predicted molar refractivity (Wildman–Crippen MR) is 39.2 cm³/mol. The molecule has 14 heavy (non-hydrogen) atoms. The van der Waals surface area contributed by atoms with Gasteiger partial charge in [0.05, 0.1) is 0 Å². The van der Waals surface area contributed by atoms with Gasteiger partial charge in [0.2, 0.25) is 5.72 Å². The highest BCUT2D eigenvalue weighted by Crippen LogP contribution is 2.35. The second-order valence-electron chi connectivity index (χ2n) is 3.00. The van der Waals surface area contributed by atoms with Crippen LogP contribution in [0.5, 0.6) is 0 Å². The Bertz CT molecular complexity index is 243. The van der Waals surface area contributed by atoms with Crippen LogP contribution in [0, 0.1) is 0 Å². The zero-order chi connectivity index (χ0) is 11.0. The van der Waals surface area contributed by atoms with Gasteiger partial charge in [-0.2, -0.15) is 13.2 Å². The van der Waals surface area contributed by atoms with Crippen molar-refractivity contribution in [2.24, 2.45) is 0 Å². The maximum Gasteiger partial charge on any atom is 0.436 e. The molecule has 1 aliphatic rings. The van der Waals surface area contributed by atoms with Crippen molar-refractivity contribution >= 4 is 5.91 Å². The molecule has 2 unspecified atom stereocenters. The first-order valence-corrected chi connectivity index (χ1v) is 4.03. The molecule has 0 spiro atoms. The number of carbonyl (C=O) groups is 1. The monoisotopic (exact) mass is 213 g/mol. The zero-order valence-corrected chi connectivity index (χ0v) is 7.39. The van der Waals surface area contributed by atoms with Gasteiger partial charge in [0.1, 0.15) is 6.10 Å². The van der Waals surface area contributed by atoms with Crippen molar-refractivity contribution in [3.63, 3.8) is 0 Å². The number of ether oxygens (including phenoxy) is 1. The van der Waals surface area contributed by atoms with Gasteiger partial charge in [-0.1, -0.05) is 0 Å². The third-order valence-corrected chi connectivity index (χ3v) is 1.94. The first-order chi connectivity index (χ1) is 6.30. The minimum absolute atomic E-state index is 0.117. The average Bonchev–Trinajstić information content (AvgIpc) is 2.27. The second kappa shape index (κ2) is 3.39. The Morgan fingerprint density at radius 2 is 2.29 bits per heavy atom. The molecule has 0 aromatic rings. The molecule has 0 saturated carbocycles. The number of alkyl halides is 3. The molecule has 0 aromatic heterocycles. The van der Waals surface area contributed by atoms with Crippen LogP contribution < -0.4 is 5.32 Å². The van der Waals surface area contributed by atoms with Gasteiger partial charge in [-0.3, -0.25) is 4.79 Å². The molecule has 0 aliphatic carbocycles. The highest BCUT2D eigenvalue weighted by Gasteiger charge is 2.61. The molecule has 1 heterocycles. The summed E-state index contributed by atoms with van der Waals surface area (Å²) in [4.78, 5) is 10.9. The molecule has 82 valence electrons. The highest BCUT2D eigenvalue weighted by molar-refractivity contribution is 5.84. The first kappa shape index (κ1) is 11.3. The standard InChI is InChI=1S/C7H10F3NO3/c1-2-14-4-3-6(13,7(8,9)10)11-5(4)12/h4,13H,2-3H2,1H3,(H,11,12). The Labute approximate surface area is 78.0 Å². The van der Waals surface area contributed by atoms with E-state index >= 15 is 0 Å². The van der Waals surface area contributed by atoms with Crippen LogP contribution in [0.3, 0.4) is 0 Å². The Kier molecular flexibility index (Phi) is 2.73. The number of amides is 1. The van der Waals surface area contributed by atoms with Crippen LogP contribution in [0.4, 0.5) is 13.2 Å². The van der Waals surface area contributed by atoms with E-state index in [4.69, 9.17) is 9.84 Å². The first-order valence-electron chi connectivity index (χ1n) is 4.03. The summed E-state index contributed by atoms with van der Waals surface area (Å²) in [6.45, 7) is 1.67. The molecular weight excluding hydrogens is 203 g/mol. The van der Waals surface area contributed by atoms with Gasteiger partial charge in [-0.25, -0.2) is 0 Å². The van der Waals surface area contributed by atoms with Crippen molar-refractivity contribution in [1.29, 1.82) is 0 Å². The van der Waals surface area contributed by atoms with Gasteiger partial charge in [0, 0.05) is 13.0 Å². The van der Waals surface area contributed by atoms with E-state index < -0.39 is 30.3 Å². The molecule has 0 aromatic carbocycles. The molecule has 0 bridgehead atoms. The van der Waals surface area contributed by atoms with Crippen LogP contribution in [0.1, 0.15) is 13.3 Å². The molecular formula is C7H10F3NO3. The molecule has 1 fully saturated rings. The van der Waals surface area contributed by atoms with Crippen LogP contribution >= 0.6 is 0 Å². The summed E-state index contributed by atoms with van der Waals surface area (Å²) >= 11 is 0. The molecule has 1 saturated heterocycles. The van der Waals surface area contributed by atoms with Gasteiger partial charge in [0.25, 0.3) is 5.91 Å². The van der Waals surface area contributed by atoms with Crippen LogP contribution in [0.2, 0.25) is 0 Å². The summed E-state index contributed by atoms with van der Waals surface area (Å²) in [5.74, 6) is -0.938. The number of carbonyl (C=O) groups excluding carboxylic acids is 1. The fourth-order valence-electron chi connectivity index (χ4n) is 1.22. The Balaban J connectivity index is 2.75. The van der Waals surface area contributed by atoms with Crippen LogP contribution in [0.15, 0.2) is 0 Å². The SMILES string of the molecule is CCOC1CC(O)(C(F)(F)F)NC1=O. The van der Waals surface area contributed by atoms with Crippen molar-refractivity contribution in [3.8, 4) is 0 Å². The maximum atomic E-state index is 12.2. The van der Waals surface area contributed by atoms with Crippen molar-refractivity contribution < 1.29 is 27.8 Å². The maximum absolute atomic E-state index is 12.2. The number of hydrogen-bond acceptors (Lipinski definition) is 3. The van der Waals surface area contributed by atoms with E-state index in [9.17, 15) is 18.0 Å². The fourth-order valence-corrected chi connectivity index (χ4v) is 1.22. The highest BCUT2D eigenvalue weighted by atomic mass is 19.4. The van der Waals surface area contributed by atoms with Gasteiger partial charge >= 0.3 is 6.18 Å². The van der Waals surface area contributed by atoms with Crippen molar-refractivity contribution in [2.45, 2.75) is 31.3 Å². The summed E-state index contributed by atoms with van der Waals surface area (Å²) < 4.78 is 41.4. The third kappa shape index (κ3) is 1.83. The van der Waals surface area contributed by atoms with E-state index in [0.717, 1.165) is 0 Å². The number of halogens is 3. The van der Waals surface area contributed by atoms with E-state index in [-0.39, 0.29) is 6.61 Å². The summed E-state index contributed by atoms with van der Waals surface area (Å²) in [5, 5.41) is 10.5. The lowest BCUT2D eigenvalue weighted by atomic mass is 10.1. The van der Waals surface area contributed by atoms with E-state index in [1.54, 1.807) is 6.92 Å². The number of hydrogen-bond donors (Lipinski definition) is 2. The largest absolute Gasteiger partial charge is 0.436 e. The quantitative estimate of drug-likeness (QED) is 0.687. The van der Waals surface area contributed by atoms with Gasteiger partial charge in [-0.05, 0) is 6.92 Å². The zero-order valence-electron chi connectivity index (χ0n) is 7.39. The topological polar surface area (TPSA) is 58.6 Å². The van der Waals surface area contributed by atoms with E-state index in [2.05, 4.69) is 0 Å². The lowest BCUT2D eigenvalue weighted by molar-refractivity contribution is -0.268. The Hall–Kier alpha value is -0.820. The minimum atomic E-state index is -4.88. The van der Waals surface area contributed by atoms with Crippen molar-refractivity contribution in [2.75, 3.05) is 6.61 Å². The average molecular weight is 213 g/mol. The van der Waals surface area contributed by atoms with Crippen LogP contribution in [-0.4, -0.2) is 35.6 Å². The van der Waals surface area contributed by atoms with Gasteiger partial charge in [-0.15, -0.1) is 0 Å². The summed E-state index contributed by atoms with van der Waals surface area (Å²) in [7, 11) is 0. The Morgan fingerprint density at radius 1 is 1.71 bits per heavy atom. The molecule has 1 rings (SSSR count). The van der Waals surface area contributed by atoms with Gasteiger partial charge < -0.3 is 15.2 Å². The van der Waals surface area contributed by atoms with E-state index in [1.807, 2.05) is 0 Å². The van der Waals surface area contributed by atoms with Crippen molar-refractivity contribution in [3.05, 3.63) is 0 Å². The Morgan fingerprint density at radius 3 is 2.64 bits per heavy atom. The number of rotatable bonds is 2. The van der Waals surface area contributed by atoms with Crippen LogP contribution in [-0.2, 0) is 9.53 Å². The normalized spacial score (nSPS) is 33.2. The third-order valence-electron chi connectivity index (χ3n) is 1.94. The van der Waals surface area contributed by atoms with E-state index in [1.165, 1.54) is 5.32 Å². The van der Waals surface area contributed by atoms with Crippen LogP contribution in [0.25, 0.3) is 0 Å². The van der Waals surface area contributed by atoms with Crippen molar-refractivity contribution in [1.82, 2.24) is 5.32 Å². The molecule has 1 amide bonds. The summed E-state index contributed by atoms with van der Waals surface area (Å²) in [5.41, 5.74) is -3.15. The lowest BCUT2D eigenvalue weighted by Crippen LogP contribution is -2.53. The second-order valence-corrected chi connectivity index (χ2v) is 3.00. The summed E-state index contributed by atoms with van der Waals surface area (Å²) in [6, 6.07) is 0. The molecule has 1 aliphatic heterocycles. The minimum Gasteiger partial charge on any atom is -0.368 e. The smallest absolute Gasteiger partial charge is 0.368 e. The molecule has 0 radical (unpaired) electrons. The molecule has 7 heteroatoms. The molecule has 4 nitrogen and oxygen atoms in total. The number of nitrogens with one attached hydrogen (secondary N) is 1. The molecule has 2 N–H and O–H groups in total. The fraction of sp³-hybridized carbons (Fsp3) is 0.857. The lowest BCUT2D eigenvalue weighted by Gasteiger charge is -2.24. The van der Waals surface area contributed by atoms with Gasteiger partial charge in [0.15, 0.2) is 0 Å². The van der Waals surface area contributed by atoms with E-state index in [0.29, 0.717) is 0 Å². The summed E-state index contributed by atoms with van der Waals surface area (Å²) in [6.07, 6.45) is -6.91. The molecule has 2 atom stereocenters. The predicted octanol–water partition coefficient (Wildman–Crippen LogP) is 0.162.